The van der Waals surface area contributed by atoms with Crippen molar-refractivity contribution in [3.05, 3.63) is 24.1 Å². The number of nitrogens with zero attached hydrogens (tertiary/aromatic N) is 1. The summed E-state index contributed by atoms with van der Waals surface area (Å²) in [5.74, 6) is 1.09. The molecule has 1 aromatic rings. The summed E-state index contributed by atoms with van der Waals surface area (Å²) in [6, 6.07) is 3.07. The van der Waals surface area contributed by atoms with E-state index >= 15 is 0 Å². The first-order valence-corrected chi connectivity index (χ1v) is 6.19. The van der Waals surface area contributed by atoms with E-state index in [2.05, 4.69) is 10.3 Å². The molecule has 1 aromatic heterocycles. The van der Waals surface area contributed by atoms with Gasteiger partial charge in [0, 0.05) is 17.8 Å². The van der Waals surface area contributed by atoms with E-state index in [0.29, 0.717) is 5.88 Å². The van der Waals surface area contributed by atoms with Gasteiger partial charge < -0.3 is 5.32 Å². The molecule has 0 spiro atoms. The van der Waals surface area contributed by atoms with Crippen molar-refractivity contribution in [3.8, 4) is 0 Å². The highest BCUT2D eigenvalue weighted by molar-refractivity contribution is 6.18. The smallest absolute Gasteiger partial charge is 0.141 e. The Morgan fingerprint density at radius 3 is 2.69 bits per heavy atom. The topological polar surface area (TPSA) is 24.9 Å². The number of nitrogens with one attached hydrogen (secondary N) is 1. The van der Waals surface area contributed by atoms with Crippen LogP contribution in [0.2, 0.25) is 0 Å². The van der Waals surface area contributed by atoms with E-state index in [0.717, 1.165) is 12.4 Å². The molecule has 1 aliphatic rings. The van der Waals surface area contributed by atoms with Gasteiger partial charge in [0.25, 0.3) is 0 Å². The van der Waals surface area contributed by atoms with Gasteiger partial charge >= 0.3 is 0 Å². The van der Waals surface area contributed by atoms with Gasteiger partial charge in [0.05, 0.1) is 6.20 Å². The molecule has 1 heterocycles. The molecular weight excluding hydrogens is 227 g/mol. The zero-order valence-electron chi connectivity index (χ0n) is 9.18. The Hall–Kier alpha value is -0.830. The van der Waals surface area contributed by atoms with Crippen molar-refractivity contribution in [1.29, 1.82) is 0 Å². The lowest BCUT2D eigenvalue weighted by Gasteiger charge is -2.26. The summed E-state index contributed by atoms with van der Waals surface area (Å²) in [6.45, 7) is 0.829. The molecule has 0 amide bonds. The van der Waals surface area contributed by atoms with E-state index in [1.54, 1.807) is 6.07 Å². The van der Waals surface area contributed by atoms with Crippen LogP contribution in [0.4, 0.5) is 10.2 Å². The van der Waals surface area contributed by atoms with Gasteiger partial charge in [0.1, 0.15) is 11.6 Å². The molecule has 1 saturated carbocycles. The Morgan fingerprint density at radius 2 is 2.12 bits per heavy atom. The van der Waals surface area contributed by atoms with Crippen molar-refractivity contribution >= 4 is 17.4 Å². The van der Waals surface area contributed by atoms with E-state index in [4.69, 9.17) is 11.6 Å². The Bertz CT molecular complexity index is 333. The molecule has 1 aliphatic carbocycles. The Morgan fingerprint density at radius 1 is 1.38 bits per heavy atom. The molecule has 0 bridgehead atoms. The number of hydrogen-bond donors (Lipinski definition) is 1. The van der Waals surface area contributed by atoms with Crippen molar-refractivity contribution in [3.63, 3.8) is 0 Å². The second-order valence-corrected chi connectivity index (χ2v) is 4.82. The third kappa shape index (κ3) is 2.64. The van der Waals surface area contributed by atoms with Gasteiger partial charge in [-0.3, -0.25) is 0 Å². The zero-order chi connectivity index (χ0) is 11.4. The highest BCUT2D eigenvalue weighted by atomic mass is 35.5. The highest BCUT2D eigenvalue weighted by Gasteiger charge is 2.32. The molecule has 0 radical (unpaired) electrons. The number of halogens is 2. The molecule has 0 aliphatic heterocycles. The minimum atomic E-state index is -0.307. The summed E-state index contributed by atoms with van der Waals surface area (Å²) in [5.41, 5.74) is 0.206. The third-order valence-electron chi connectivity index (χ3n) is 3.32. The first-order valence-electron chi connectivity index (χ1n) is 5.66. The molecule has 0 atom stereocenters. The number of aromatic nitrogens is 1. The fourth-order valence-corrected chi connectivity index (χ4v) is 2.60. The standard InChI is InChI=1S/C12H16ClFN2/c13-8-12(5-1-2-6-12)9-16-11-4-3-10(14)7-15-11/h3-4,7H,1-2,5-6,8-9H2,(H,15,16). The lowest BCUT2D eigenvalue weighted by Crippen LogP contribution is -2.28. The van der Waals surface area contributed by atoms with Gasteiger partial charge in [-0.1, -0.05) is 12.8 Å². The first kappa shape index (κ1) is 11.6. The number of pyridine rings is 1. The summed E-state index contributed by atoms with van der Waals surface area (Å²) >= 11 is 6.04. The molecular formula is C12H16ClFN2. The number of hydrogen-bond acceptors (Lipinski definition) is 2. The second-order valence-electron chi connectivity index (χ2n) is 4.56. The van der Waals surface area contributed by atoms with Crippen LogP contribution in [0.25, 0.3) is 0 Å². The largest absolute Gasteiger partial charge is 0.369 e. The van der Waals surface area contributed by atoms with E-state index in [1.807, 2.05) is 0 Å². The number of anilines is 1. The zero-order valence-corrected chi connectivity index (χ0v) is 9.93. The van der Waals surface area contributed by atoms with Crippen LogP contribution in [0.1, 0.15) is 25.7 Å². The van der Waals surface area contributed by atoms with Crippen LogP contribution in [-0.2, 0) is 0 Å². The van der Waals surface area contributed by atoms with E-state index < -0.39 is 0 Å². The van der Waals surface area contributed by atoms with Crippen LogP contribution in [0, 0.1) is 11.2 Å². The molecule has 0 saturated heterocycles. The van der Waals surface area contributed by atoms with Crippen LogP contribution >= 0.6 is 11.6 Å². The van der Waals surface area contributed by atoms with Crippen molar-refractivity contribution in [2.24, 2.45) is 5.41 Å². The molecule has 2 nitrogen and oxygen atoms in total. The van der Waals surface area contributed by atoms with E-state index in [-0.39, 0.29) is 11.2 Å². The first-order chi connectivity index (χ1) is 7.74. The van der Waals surface area contributed by atoms with Crippen LogP contribution < -0.4 is 5.32 Å². The number of rotatable bonds is 4. The molecule has 1 fully saturated rings. The van der Waals surface area contributed by atoms with Crippen LogP contribution in [0.5, 0.6) is 0 Å². The Balaban J connectivity index is 1.93. The summed E-state index contributed by atoms with van der Waals surface area (Å²) in [7, 11) is 0. The SMILES string of the molecule is Fc1ccc(NCC2(CCl)CCCC2)nc1. The lowest BCUT2D eigenvalue weighted by atomic mass is 9.88. The minimum Gasteiger partial charge on any atom is -0.369 e. The Kier molecular flexibility index (Phi) is 3.64. The molecule has 0 aromatic carbocycles. The second kappa shape index (κ2) is 5.00. The lowest BCUT2D eigenvalue weighted by molar-refractivity contribution is 0.368. The van der Waals surface area contributed by atoms with Gasteiger partial charge in [-0.25, -0.2) is 9.37 Å². The Labute approximate surface area is 100 Å². The van der Waals surface area contributed by atoms with Crippen LogP contribution in [0.15, 0.2) is 18.3 Å². The van der Waals surface area contributed by atoms with Gasteiger partial charge in [0.15, 0.2) is 0 Å². The van der Waals surface area contributed by atoms with Gasteiger partial charge in [-0.15, -0.1) is 11.6 Å². The highest BCUT2D eigenvalue weighted by Crippen LogP contribution is 2.39. The quantitative estimate of drug-likeness (QED) is 0.819. The van der Waals surface area contributed by atoms with E-state index in [9.17, 15) is 4.39 Å². The maximum absolute atomic E-state index is 12.7. The molecule has 0 unspecified atom stereocenters. The number of alkyl halides is 1. The van der Waals surface area contributed by atoms with Gasteiger partial charge in [0.2, 0.25) is 0 Å². The molecule has 1 N–H and O–H groups in total. The maximum Gasteiger partial charge on any atom is 0.141 e. The van der Waals surface area contributed by atoms with Gasteiger partial charge in [-0.2, -0.15) is 0 Å². The van der Waals surface area contributed by atoms with Gasteiger partial charge in [-0.05, 0) is 25.0 Å². The molecule has 16 heavy (non-hydrogen) atoms. The predicted molar refractivity (Wildman–Crippen MR) is 64.3 cm³/mol. The third-order valence-corrected chi connectivity index (χ3v) is 3.89. The predicted octanol–water partition coefficient (Wildman–Crippen LogP) is 3.43. The normalized spacial score (nSPS) is 18.6. The summed E-state index contributed by atoms with van der Waals surface area (Å²) in [4.78, 5) is 3.98. The summed E-state index contributed by atoms with van der Waals surface area (Å²) in [5, 5.41) is 3.24. The minimum absolute atomic E-state index is 0.206. The maximum atomic E-state index is 12.7. The summed E-state index contributed by atoms with van der Waals surface area (Å²) < 4.78 is 12.7. The van der Waals surface area contributed by atoms with Crippen LogP contribution in [-0.4, -0.2) is 17.4 Å². The van der Waals surface area contributed by atoms with Crippen LogP contribution in [0.3, 0.4) is 0 Å². The average Bonchev–Trinajstić information content (AvgIpc) is 2.78. The average molecular weight is 243 g/mol. The summed E-state index contributed by atoms with van der Waals surface area (Å²) in [6.07, 6.45) is 6.08. The van der Waals surface area contributed by atoms with Crippen molar-refractivity contribution in [1.82, 2.24) is 4.98 Å². The van der Waals surface area contributed by atoms with Crippen molar-refractivity contribution in [2.45, 2.75) is 25.7 Å². The molecule has 4 heteroatoms. The fraction of sp³-hybridized carbons (Fsp3) is 0.583. The molecule has 2 rings (SSSR count). The fourth-order valence-electron chi connectivity index (χ4n) is 2.24. The monoisotopic (exact) mass is 242 g/mol. The van der Waals surface area contributed by atoms with Crippen molar-refractivity contribution < 1.29 is 4.39 Å². The van der Waals surface area contributed by atoms with Crippen molar-refractivity contribution in [2.75, 3.05) is 17.7 Å². The molecule has 88 valence electrons. The van der Waals surface area contributed by atoms with E-state index in [1.165, 1.54) is 37.9 Å².